The number of carbonyl (C=O) groups is 1. The third kappa shape index (κ3) is 1.88. The van der Waals surface area contributed by atoms with Gasteiger partial charge < -0.3 is 0 Å². The average molecular weight is 160 g/mol. The van der Waals surface area contributed by atoms with Crippen LogP contribution in [-0.2, 0) is 4.79 Å². The van der Waals surface area contributed by atoms with E-state index in [1.807, 2.05) is 0 Å². The van der Waals surface area contributed by atoms with Crippen LogP contribution in [0.2, 0.25) is 0 Å². The first kappa shape index (κ1) is 7.88. The molecule has 1 amide bonds. The summed E-state index contributed by atoms with van der Waals surface area (Å²) in [7, 11) is 0. The fraction of sp³-hybridized carbons (Fsp3) is 0.833. The van der Waals surface area contributed by atoms with Gasteiger partial charge in [-0.15, -0.1) is 0 Å². The van der Waals surface area contributed by atoms with Gasteiger partial charge in [0, 0.05) is 12.1 Å². The van der Waals surface area contributed by atoms with Crippen molar-refractivity contribution in [1.29, 1.82) is 0 Å². The highest BCUT2D eigenvalue weighted by atomic mass is 32.2. The zero-order valence-corrected chi connectivity index (χ0v) is 6.99. The quantitative estimate of drug-likeness (QED) is 0.584. The van der Waals surface area contributed by atoms with E-state index in [9.17, 15) is 4.79 Å². The lowest BCUT2D eigenvalue weighted by molar-refractivity contribution is -0.120. The molecule has 3 nitrogen and oxygen atoms in total. The number of carbonyl (C=O) groups excluding carboxylic acids is 1. The SMILES string of the molecule is CC(C)C[C@@H]1NSNC1=O. The molecule has 0 aromatic rings. The van der Waals surface area contributed by atoms with Crippen LogP contribution in [0.4, 0.5) is 0 Å². The summed E-state index contributed by atoms with van der Waals surface area (Å²) in [5.74, 6) is 0.681. The van der Waals surface area contributed by atoms with Crippen LogP contribution in [0.3, 0.4) is 0 Å². The number of nitrogens with one attached hydrogen (secondary N) is 2. The Morgan fingerprint density at radius 2 is 2.40 bits per heavy atom. The minimum atomic E-state index is 0.0185. The molecular weight excluding hydrogens is 148 g/mol. The molecule has 0 radical (unpaired) electrons. The fourth-order valence-corrected chi connectivity index (χ4v) is 1.55. The molecule has 1 atom stereocenters. The monoisotopic (exact) mass is 160 g/mol. The van der Waals surface area contributed by atoms with Crippen LogP contribution in [0, 0.1) is 5.92 Å². The number of hydrogen-bond donors (Lipinski definition) is 2. The van der Waals surface area contributed by atoms with Gasteiger partial charge >= 0.3 is 0 Å². The van der Waals surface area contributed by atoms with E-state index in [-0.39, 0.29) is 11.9 Å². The van der Waals surface area contributed by atoms with Crippen molar-refractivity contribution in [1.82, 2.24) is 9.44 Å². The highest BCUT2D eigenvalue weighted by Gasteiger charge is 2.24. The summed E-state index contributed by atoms with van der Waals surface area (Å²) in [6.07, 6.45) is 0.916. The van der Waals surface area contributed by atoms with Crippen LogP contribution in [0.15, 0.2) is 0 Å². The second-order valence-electron chi connectivity index (χ2n) is 2.87. The van der Waals surface area contributed by atoms with Gasteiger partial charge in [-0.05, 0) is 12.3 Å². The van der Waals surface area contributed by atoms with E-state index in [2.05, 4.69) is 23.3 Å². The first-order valence-corrected chi connectivity index (χ1v) is 4.23. The van der Waals surface area contributed by atoms with E-state index in [4.69, 9.17) is 0 Å². The van der Waals surface area contributed by atoms with Gasteiger partial charge in [0.15, 0.2) is 0 Å². The molecule has 0 saturated carbocycles. The van der Waals surface area contributed by atoms with Crippen LogP contribution in [0.25, 0.3) is 0 Å². The molecule has 0 aliphatic carbocycles. The van der Waals surface area contributed by atoms with Crippen molar-refractivity contribution in [3.05, 3.63) is 0 Å². The predicted molar refractivity (Wildman–Crippen MR) is 42.1 cm³/mol. The summed E-state index contributed by atoms with van der Waals surface area (Å²) < 4.78 is 5.64. The smallest absolute Gasteiger partial charge is 0.248 e. The maximum absolute atomic E-state index is 10.9. The van der Waals surface area contributed by atoms with Crippen LogP contribution < -0.4 is 9.44 Å². The third-order valence-corrected chi connectivity index (χ3v) is 2.08. The van der Waals surface area contributed by atoms with E-state index in [0.29, 0.717) is 5.92 Å². The lowest BCUT2D eigenvalue weighted by Gasteiger charge is -2.07. The molecule has 1 saturated heterocycles. The highest BCUT2D eigenvalue weighted by molar-refractivity contribution is 7.96. The Labute approximate surface area is 65.2 Å². The Hall–Kier alpha value is -0.220. The topological polar surface area (TPSA) is 41.1 Å². The minimum absolute atomic E-state index is 0.0185. The van der Waals surface area contributed by atoms with Gasteiger partial charge in [0.05, 0.1) is 6.04 Å². The highest BCUT2D eigenvalue weighted by Crippen LogP contribution is 2.11. The molecule has 0 aromatic heterocycles. The van der Waals surface area contributed by atoms with E-state index in [1.54, 1.807) is 0 Å². The van der Waals surface area contributed by atoms with Crippen molar-refractivity contribution >= 4 is 18.0 Å². The normalized spacial score (nSPS) is 25.5. The summed E-state index contributed by atoms with van der Waals surface area (Å²) in [5.41, 5.74) is 0. The van der Waals surface area contributed by atoms with E-state index in [1.165, 1.54) is 12.1 Å². The molecule has 0 bridgehead atoms. The van der Waals surface area contributed by atoms with E-state index < -0.39 is 0 Å². The van der Waals surface area contributed by atoms with E-state index >= 15 is 0 Å². The van der Waals surface area contributed by atoms with Crippen LogP contribution in [-0.4, -0.2) is 11.9 Å². The zero-order chi connectivity index (χ0) is 7.56. The first-order chi connectivity index (χ1) is 4.70. The summed E-state index contributed by atoms with van der Waals surface area (Å²) in [6.45, 7) is 4.22. The molecule has 0 spiro atoms. The van der Waals surface area contributed by atoms with Crippen molar-refractivity contribution in [3.63, 3.8) is 0 Å². The van der Waals surface area contributed by atoms with Crippen molar-refractivity contribution in [2.45, 2.75) is 26.3 Å². The van der Waals surface area contributed by atoms with Gasteiger partial charge in [0.25, 0.3) is 0 Å². The molecule has 0 aromatic carbocycles. The summed E-state index contributed by atoms with van der Waals surface area (Å²) >= 11 is 1.28. The molecule has 10 heavy (non-hydrogen) atoms. The van der Waals surface area contributed by atoms with Crippen molar-refractivity contribution in [3.8, 4) is 0 Å². The molecule has 1 fully saturated rings. The second-order valence-corrected chi connectivity index (χ2v) is 3.51. The zero-order valence-electron chi connectivity index (χ0n) is 6.18. The largest absolute Gasteiger partial charge is 0.286 e. The summed E-state index contributed by atoms with van der Waals surface area (Å²) in [4.78, 5) is 10.9. The maximum atomic E-state index is 10.9. The third-order valence-electron chi connectivity index (χ3n) is 1.38. The summed E-state index contributed by atoms with van der Waals surface area (Å²) in [6, 6.07) is 0.0185. The van der Waals surface area contributed by atoms with Crippen molar-refractivity contribution in [2.75, 3.05) is 0 Å². The first-order valence-electron chi connectivity index (χ1n) is 3.41. The summed E-state index contributed by atoms with van der Waals surface area (Å²) in [5, 5.41) is 0. The van der Waals surface area contributed by atoms with Crippen LogP contribution >= 0.6 is 12.1 Å². The molecule has 58 valence electrons. The van der Waals surface area contributed by atoms with Crippen molar-refractivity contribution in [2.24, 2.45) is 5.92 Å². The molecule has 4 heteroatoms. The molecule has 0 unspecified atom stereocenters. The average Bonchev–Trinajstić information content (AvgIpc) is 2.15. The molecule has 2 N–H and O–H groups in total. The van der Waals surface area contributed by atoms with Gasteiger partial charge in [-0.3, -0.25) is 9.52 Å². The van der Waals surface area contributed by atoms with Crippen molar-refractivity contribution < 1.29 is 4.79 Å². The molecule has 1 heterocycles. The Morgan fingerprint density at radius 3 is 2.80 bits per heavy atom. The Kier molecular flexibility index (Phi) is 2.56. The number of amides is 1. The van der Waals surface area contributed by atoms with Gasteiger partial charge in [0.2, 0.25) is 5.91 Å². The standard InChI is InChI=1S/C6H12N2OS/c1-4(2)3-5-6(9)8-10-7-5/h4-5,7H,3H2,1-2H3,(H,8,9)/t5-/m0/s1. The molecule has 1 aliphatic heterocycles. The Bertz CT molecular complexity index is 138. The van der Waals surface area contributed by atoms with Gasteiger partial charge in [-0.1, -0.05) is 13.8 Å². The molecular formula is C6H12N2OS. The minimum Gasteiger partial charge on any atom is -0.286 e. The Morgan fingerprint density at radius 1 is 1.70 bits per heavy atom. The van der Waals surface area contributed by atoms with Crippen LogP contribution in [0.5, 0.6) is 0 Å². The number of rotatable bonds is 2. The second kappa shape index (κ2) is 3.25. The predicted octanol–water partition coefficient (Wildman–Crippen LogP) is 0.684. The lowest BCUT2D eigenvalue weighted by Crippen LogP contribution is -2.29. The number of hydrogen-bond acceptors (Lipinski definition) is 3. The van der Waals surface area contributed by atoms with Gasteiger partial charge in [0.1, 0.15) is 0 Å². The lowest BCUT2D eigenvalue weighted by atomic mass is 10.0. The molecule has 1 rings (SSSR count). The van der Waals surface area contributed by atoms with Crippen LogP contribution in [0.1, 0.15) is 20.3 Å². The molecule has 1 aliphatic rings. The van der Waals surface area contributed by atoms with E-state index in [0.717, 1.165) is 6.42 Å². The van der Waals surface area contributed by atoms with Gasteiger partial charge in [-0.2, -0.15) is 0 Å². The maximum Gasteiger partial charge on any atom is 0.248 e. The fourth-order valence-electron chi connectivity index (χ4n) is 0.902. The Balaban J connectivity index is 2.33. The van der Waals surface area contributed by atoms with Gasteiger partial charge in [-0.25, -0.2) is 4.72 Å².